The van der Waals surface area contributed by atoms with Gasteiger partial charge in [-0.1, -0.05) is 25.0 Å². The van der Waals surface area contributed by atoms with Gasteiger partial charge in [0.1, 0.15) is 5.52 Å². The molecule has 0 amide bonds. The van der Waals surface area contributed by atoms with Crippen LogP contribution in [0.2, 0.25) is 0 Å². The van der Waals surface area contributed by atoms with Crippen LogP contribution >= 0.6 is 0 Å². The minimum absolute atomic E-state index is 0.672. The number of benzene rings is 1. The van der Waals surface area contributed by atoms with E-state index in [0.29, 0.717) is 12.1 Å². The van der Waals surface area contributed by atoms with E-state index in [0.717, 1.165) is 0 Å². The number of nitrogens with zero attached hydrogens (tertiary/aromatic N) is 2. The fourth-order valence-electron chi connectivity index (χ4n) is 3.19. The van der Waals surface area contributed by atoms with E-state index >= 15 is 0 Å². The third kappa shape index (κ3) is 0.863. The molecule has 1 aliphatic carbocycles. The molecular weight excluding hydrogens is 186 g/mol. The zero-order chi connectivity index (χ0) is 9.83. The van der Waals surface area contributed by atoms with Crippen LogP contribution in [-0.4, -0.2) is 15.5 Å². The van der Waals surface area contributed by atoms with Crippen molar-refractivity contribution in [2.45, 2.75) is 37.8 Å². The van der Waals surface area contributed by atoms with E-state index in [1.54, 1.807) is 0 Å². The van der Waals surface area contributed by atoms with Crippen LogP contribution < -0.4 is 5.43 Å². The molecule has 3 heteroatoms. The molecule has 1 saturated carbocycles. The van der Waals surface area contributed by atoms with Crippen molar-refractivity contribution in [2.24, 2.45) is 0 Å². The molecule has 2 heterocycles. The summed E-state index contributed by atoms with van der Waals surface area (Å²) >= 11 is 0. The smallest absolute Gasteiger partial charge is 0.106 e. The molecule has 0 saturated heterocycles. The van der Waals surface area contributed by atoms with Gasteiger partial charge in [-0.2, -0.15) is 4.79 Å². The first kappa shape index (κ1) is 7.85. The maximum atomic E-state index is 3.61. The van der Waals surface area contributed by atoms with Crippen LogP contribution in [0.1, 0.15) is 31.7 Å². The third-order valence-electron chi connectivity index (χ3n) is 3.90. The quantitative estimate of drug-likeness (QED) is 0.695. The van der Waals surface area contributed by atoms with Crippen LogP contribution in [-0.2, 0) is 0 Å². The van der Waals surface area contributed by atoms with Crippen molar-refractivity contribution in [3.8, 4) is 0 Å². The van der Waals surface area contributed by atoms with Crippen molar-refractivity contribution in [3.05, 3.63) is 24.3 Å². The van der Waals surface area contributed by atoms with Crippen LogP contribution in [0.25, 0.3) is 11.0 Å². The van der Waals surface area contributed by atoms with E-state index in [-0.39, 0.29) is 0 Å². The van der Waals surface area contributed by atoms with Gasteiger partial charge in [-0.15, -0.1) is 0 Å². The van der Waals surface area contributed by atoms with Crippen LogP contribution in [0.4, 0.5) is 0 Å². The molecule has 2 unspecified atom stereocenters. The minimum Gasteiger partial charge on any atom is -0.306 e. The summed E-state index contributed by atoms with van der Waals surface area (Å²) < 4.78 is 2.44. The van der Waals surface area contributed by atoms with E-state index in [9.17, 15) is 0 Å². The van der Waals surface area contributed by atoms with E-state index in [1.807, 2.05) is 0 Å². The molecule has 1 aromatic heterocycles. The third-order valence-corrected chi connectivity index (χ3v) is 3.90. The van der Waals surface area contributed by atoms with Crippen molar-refractivity contribution in [1.29, 1.82) is 0 Å². The summed E-state index contributed by atoms with van der Waals surface area (Å²) in [5, 5.41) is 0. The van der Waals surface area contributed by atoms with E-state index in [2.05, 4.69) is 39.2 Å². The number of para-hydroxylation sites is 2. The van der Waals surface area contributed by atoms with Crippen molar-refractivity contribution in [3.63, 3.8) is 0 Å². The molecule has 3 nitrogen and oxygen atoms in total. The van der Waals surface area contributed by atoms with Crippen molar-refractivity contribution < 1.29 is 0 Å². The van der Waals surface area contributed by atoms with Gasteiger partial charge in [0.2, 0.25) is 0 Å². The summed E-state index contributed by atoms with van der Waals surface area (Å²) in [6, 6.07) is 10.0. The normalized spacial score (nSPS) is 28.8. The Kier molecular flexibility index (Phi) is 1.36. The molecule has 0 spiro atoms. The maximum absolute atomic E-state index is 3.61. The lowest BCUT2D eigenvalue weighted by atomic mass is 9.91. The van der Waals surface area contributed by atoms with E-state index < -0.39 is 0 Å². The largest absolute Gasteiger partial charge is 0.306 e. The lowest BCUT2D eigenvalue weighted by Gasteiger charge is -2.26. The minimum atomic E-state index is 0.672. The standard InChI is InChI=1S/C12H15N3/c1-2-6-10-9(5-1)13-15-12-8-4-3-7-11(12)14(10)15/h3-4,7-10,13H,1-2,5-6H2. The van der Waals surface area contributed by atoms with Crippen LogP contribution in [0, 0.1) is 0 Å². The molecule has 2 aliphatic rings. The molecule has 0 bridgehead atoms. The van der Waals surface area contributed by atoms with Gasteiger partial charge >= 0.3 is 0 Å². The van der Waals surface area contributed by atoms with Gasteiger partial charge in [0.05, 0.1) is 17.6 Å². The van der Waals surface area contributed by atoms with E-state index in [4.69, 9.17) is 0 Å². The Morgan fingerprint density at radius 3 is 2.80 bits per heavy atom. The predicted molar refractivity (Wildman–Crippen MR) is 60.6 cm³/mol. The lowest BCUT2D eigenvalue weighted by Crippen LogP contribution is -2.26. The first-order valence-electron chi connectivity index (χ1n) is 5.89. The molecule has 78 valence electrons. The Labute approximate surface area is 88.6 Å². The molecule has 2 aromatic rings. The zero-order valence-corrected chi connectivity index (χ0v) is 8.69. The first-order chi connectivity index (χ1) is 7.45. The fourth-order valence-corrected chi connectivity index (χ4v) is 3.19. The highest BCUT2D eigenvalue weighted by Gasteiger charge is 2.36. The number of aromatic nitrogens is 2. The van der Waals surface area contributed by atoms with Gasteiger partial charge < -0.3 is 5.43 Å². The Bertz CT molecular complexity index is 508. The number of hydrogen-bond acceptors (Lipinski definition) is 1. The summed E-state index contributed by atoms with van der Waals surface area (Å²) in [6.07, 6.45) is 5.43. The van der Waals surface area contributed by atoms with Crippen LogP contribution in [0.15, 0.2) is 24.3 Å². The highest BCUT2D eigenvalue weighted by Crippen LogP contribution is 2.38. The SMILES string of the molecule is c1ccc2c(c1)n1n2C2CCCCC2N1. The molecule has 0 radical (unpaired) electrons. The van der Waals surface area contributed by atoms with Gasteiger partial charge in [-0.25, -0.2) is 0 Å². The second kappa shape index (κ2) is 2.60. The Morgan fingerprint density at radius 1 is 1.07 bits per heavy atom. The fraction of sp³-hybridized carbons (Fsp3) is 0.500. The highest BCUT2D eigenvalue weighted by atomic mass is 15.7. The van der Waals surface area contributed by atoms with Crippen molar-refractivity contribution in [1.82, 2.24) is 9.47 Å². The Hall–Kier alpha value is -1.38. The molecule has 15 heavy (non-hydrogen) atoms. The summed E-state index contributed by atoms with van der Waals surface area (Å²) in [6.45, 7) is 0. The van der Waals surface area contributed by atoms with Crippen LogP contribution in [0.3, 0.4) is 0 Å². The molecule has 1 aromatic carbocycles. The monoisotopic (exact) mass is 201 g/mol. The molecule has 2 atom stereocenters. The molecular formula is C12H15N3. The van der Waals surface area contributed by atoms with Gasteiger partial charge in [-0.05, 0) is 25.0 Å². The summed E-state index contributed by atoms with van der Waals surface area (Å²) in [4.78, 5) is 2.25. The number of fused-ring (bicyclic) bond motifs is 6. The molecule has 1 aliphatic heterocycles. The van der Waals surface area contributed by atoms with Crippen LogP contribution in [0.5, 0.6) is 0 Å². The highest BCUT2D eigenvalue weighted by molar-refractivity contribution is 5.79. The van der Waals surface area contributed by atoms with Gasteiger partial charge in [0.15, 0.2) is 0 Å². The van der Waals surface area contributed by atoms with Crippen molar-refractivity contribution in [2.75, 3.05) is 5.43 Å². The Balaban J connectivity index is 1.88. The topological polar surface area (TPSA) is 21.9 Å². The van der Waals surface area contributed by atoms with Crippen molar-refractivity contribution >= 4 is 11.0 Å². The van der Waals surface area contributed by atoms with E-state index in [1.165, 1.54) is 36.7 Å². The average molecular weight is 201 g/mol. The molecule has 1 N–H and O–H groups in total. The van der Waals surface area contributed by atoms with Gasteiger partial charge in [-0.3, -0.25) is 4.68 Å². The van der Waals surface area contributed by atoms with Gasteiger partial charge in [0.25, 0.3) is 0 Å². The predicted octanol–water partition coefficient (Wildman–Crippen LogP) is 2.48. The number of rotatable bonds is 0. The molecule has 4 rings (SSSR count). The second-order valence-corrected chi connectivity index (χ2v) is 4.73. The zero-order valence-electron chi connectivity index (χ0n) is 8.69. The average Bonchev–Trinajstić information content (AvgIpc) is 2.60. The maximum Gasteiger partial charge on any atom is 0.106 e. The lowest BCUT2D eigenvalue weighted by molar-refractivity contribution is 0.348. The summed E-state index contributed by atoms with van der Waals surface area (Å²) in [7, 11) is 0. The van der Waals surface area contributed by atoms with Gasteiger partial charge in [0, 0.05) is 0 Å². The second-order valence-electron chi connectivity index (χ2n) is 4.73. The molecule has 1 fully saturated rings. The first-order valence-corrected chi connectivity index (χ1v) is 5.89. The number of hydrogen-bond donors (Lipinski definition) is 1. The number of nitrogens with one attached hydrogen (secondary N) is 1. The summed E-state index contributed by atoms with van der Waals surface area (Å²) in [5.41, 5.74) is 6.35. The summed E-state index contributed by atoms with van der Waals surface area (Å²) in [5.74, 6) is 0. The Morgan fingerprint density at radius 2 is 1.87 bits per heavy atom.